The molecule has 1 fully saturated rings. The fraction of sp³-hybridized carbons (Fsp3) is 0.263. The van der Waals surface area contributed by atoms with Crippen LogP contribution in [0.5, 0.6) is 0 Å². The summed E-state index contributed by atoms with van der Waals surface area (Å²) in [5.74, 6) is 0. The predicted molar refractivity (Wildman–Crippen MR) is 114 cm³/mol. The molecule has 134 valence electrons. The van der Waals surface area contributed by atoms with Crippen molar-refractivity contribution in [3.8, 4) is 0 Å². The fourth-order valence-electron chi connectivity index (χ4n) is 2.88. The first-order chi connectivity index (χ1) is 12.7. The minimum Gasteiger partial charge on any atom is -0.378 e. The molecule has 0 spiro atoms. The molecule has 7 heteroatoms. The van der Waals surface area contributed by atoms with Crippen molar-refractivity contribution in [1.29, 1.82) is 0 Å². The molecule has 1 aliphatic rings. The van der Waals surface area contributed by atoms with E-state index in [2.05, 4.69) is 34.6 Å². The first kappa shape index (κ1) is 17.2. The third-order valence-electron chi connectivity index (χ3n) is 4.31. The van der Waals surface area contributed by atoms with Gasteiger partial charge in [-0.3, -0.25) is 0 Å². The Hall–Kier alpha value is -2.22. The van der Waals surface area contributed by atoms with Gasteiger partial charge in [0, 0.05) is 24.5 Å². The van der Waals surface area contributed by atoms with Gasteiger partial charge in [0.1, 0.15) is 0 Å². The summed E-state index contributed by atoms with van der Waals surface area (Å²) in [7, 11) is 0. The third-order valence-corrected chi connectivity index (χ3v) is 5.59. The second kappa shape index (κ2) is 7.57. The Labute approximate surface area is 162 Å². The molecule has 0 amide bonds. The summed E-state index contributed by atoms with van der Waals surface area (Å²) in [6.45, 7) is 5.38. The average molecular weight is 385 g/mol. The van der Waals surface area contributed by atoms with Gasteiger partial charge in [-0.15, -0.1) is 0 Å². The van der Waals surface area contributed by atoms with Gasteiger partial charge in [-0.2, -0.15) is 0 Å². The summed E-state index contributed by atoms with van der Waals surface area (Å²) in [5.41, 5.74) is 4.14. The number of nitrogens with zero attached hydrogens (tertiary/aromatic N) is 2. The van der Waals surface area contributed by atoms with Gasteiger partial charge in [0.05, 0.1) is 23.4 Å². The number of hydrogen-bond acceptors (Lipinski definition) is 5. The van der Waals surface area contributed by atoms with Crippen LogP contribution in [0.15, 0.2) is 42.5 Å². The Morgan fingerprint density at radius 3 is 2.77 bits per heavy atom. The van der Waals surface area contributed by atoms with E-state index >= 15 is 0 Å². The molecule has 2 heterocycles. The molecule has 2 N–H and O–H groups in total. The van der Waals surface area contributed by atoms with E-state index in [-0.39, 0.29) is 0 Å². The molecule has 0 unspecified atom stereocenters. The standard InChI is InChI=1S/C19H20N4OS2/c1-13-4-2-3-5-15(13)21-18(25)20-14-6-7-16-17(12-14)26-19(22-16)23-8-10-24-11-9-23/h2-7,12H,8-11H2,1H3,(H2,20,21,25). The van der Waals surface area contributed by atoms with E-state index in [0.717, 1.165) is 58.6 Å². The fourth-order valence-corrected chi connectivity index (χ4v) is 4.16. The van der Waals surface area contributed by atoms with Gasteiger partial charge in [0.25, 0.3) is 0 Å². The maximum atomic E-state index is 5.45. The van der Waals surface area contributed by atoms with Gasteiger partial charge < -0.3 is 20.3 Å². The van der Waals surface area contributed by atoms with E-state index in [9.17, 15) is 0 Å². The van der Waals surface area contributed by atoms with Crippen molar-refractivity contribution >= 4 is 55.4 Å². The van der Waals surface area contributed by atoms with Crippen molar-refractivity contribution in [2.75, 3.05) is 41.8 Å². The Bertz CT molecular complexity index is 934. The molecule has 0 atom stereocenters. The Kier molecular flexibility index (Phi) is 5.01. The Morgan fingerprint density at radius 2 is 1.96 bits per heavy atom. The van der Waals surface area contributed by atoms with Gasteiger partial charge >= 0.3 is 0 Å². The zero-order valence-corrected chi connectivity index (χ0v) is 16.1. The van der Waals surface area contributed by atoms with Crippen molar-refractivity contribution in [3.63, 3.8) is 0 Å². The lowest BCUT2D eigenvalue weighted by Crippen LogP contribution is -2.36. The van der Waals surface area contributed by atoms with Crippen LogP contribution < -0.4 is 15.5 Å². The van der Waals surface area contributed by atoms with Crippen LogP contribution in [0.1, 0.15) is 5.56 Å². The number of hydrogen-bond donors (Lipinski definition) is 2. The summed E-state index contributed by atoms with van der Waals surface area (Å²) >= 11 is 7.16. The summed E-state index contributed by atoms with van der Waals surface area (Å²) in [6, 6.07) is 14.2. The van der Waals surface area contributed by atoms with Crippen LogP contribution >= 0.6 is 23.6 Å². The number of thiocarbonyl (C=S) groups is 1. The smallest absolute Gasteiger partial charge is 0.186 e. The SMILES string of the molecule is Cc1ccccc1NC(=S)Nc1ccc2nc(N3CCOCC3)sc2c1. The largest absolute Gasteiger partial charge is 0.378 e. The van der Waals surface area contributed by atoms with Crippen molar-refractivity contribution in [3.05, 3.63) is 48.0 Å². The maximum absolute atomic E-state index is 5.45. The lowest BCUT2D eigenvalue weighted by Gasteiger charge is -2.25. The number of morpholine rings is 1. The zero-order chi connectivity index (χ0) is 17.9. The maximum Gasteiger partial charge on any atom is 0.186 e. The molecule has 2 aromatic carbocycles. The number of fused-ring (bicyclic) bond motifs is 1. The summed E-state index contributed by atoms with van der Waals surface area (Å²) in [6.07, 6.45) is 0. The first-order valence-corrected chi connectivity index (χ1v) is 9.78. The molecular weight excluding hydrogens is 364 g/mol. The van der Waals surface area contributed by atoms with Crippen LogP contribution in [0.4, 0.5) is 16.5 Å². The summed E-state index contributed by atoms with van der Waals surface area (Å²) in [4.78, 5) is 7.03. The van der Waals surface area contributed by atoms with Crippen LogP contribution in [0, 0.1) is 6.92 Å². The highest BCUT2D eigenvalue weighted by Gasteiger charge is 2.15. The van der Waals surface area contributed by atoms with E-state index in [1.165, 1.54) is 0 Å². The molecule has 0 aliphatic carbocycles. The highest BCUT2D eigenvalue weighted by atomic mass is 32.1. The van der Waals surface area contributed by atoms with E-state index in [1.807, 2.05) is 30.3 Å². The monoisotopic (exact) mass is 384 g/mol. The number of thiazole rings is 1. The Morgan fingerprint density at radius 1 is 1.15 bits per heavy atom. The normalized spacial score (nSPS) is 14.4. The quantitative estimate of drug-likeness (QED) is 0.659. The summed E-state index contributed by atoms with van der Waals surface area (Å²) in [5, 5.41) is 8.15. The number of nitrogens with one attached hydrogen (secondary N) is 2. The Balaban J connectivity index is 1.48. The topological polar surface area (TPSA) is 49.4 Å². The number of anilines is 3. The number of aromatic nitrogens is 1. The second-order valence-corrected chi connectivity index (χ2v) is 7.59. The van der Waals surface area contributed by atoms with Gasteiger partial charge in [0.15, 0.2) is 10.2 Å². The van der Waals surface area contributed by atoms with Crippen LogP contribution in [-0.2, 0) is 4.74 Å². The van der Waals surface area contributed by atoms with Crippen LogP contribution in [-0.4, -0.2) is 36.4 Å². The predicted octanol–water partition coefficient (Wildman–Crippen LogP) is 4.25. The van der Waals surface area contributed by atoms with Crippen LogP contribution in [0.25, 0.3) is 10.2 Å². The first-order valence-electron chi connectivity index (χ1n) is 8.56. The molecule has 0 saturated carbocycles. The van der Waals surface area contributed by atoms with Crippen molar-refractivity contribution in [2.45, 2.75) is 6.92 Å². The zero-order valence-electron chi connectivity index (χ0n) is 14.5. The number of benzene rings is 2. The van der Waals surface area contributed by atoms with Crippen molar-refractivity contribution < 1.29 is 4.74 Å². The number of rotatable bonds is 3. The molecule has 0 bridgehead atoms. The minimum atomic E-state index is 0.580. The van der Waals surface area contributed by atoms with E-state index in [4.69, 9.17) is 21.9 Å². The van der Waals surface area contributed by atoms with Crippen LogP contribution in [0.2, 0.25) is 0 Å². The number of ether oxygens (including phenoxy) is 1. The molecule has 26 heavy (non-hydrogen) atoms. The van der Waals surface area contributed by atoms with Crippen molar-refractivity contribution in [1.82, 2.24) is 4.98 Å². The van der Waals surface area contributed by atoms with E-state index < -0.39 is 0 Å². The van der Waals surface area contributed by atoms with E-state index in [0.29, 0.717) is 5.11 Å². The third kappa shape index (κ3) is 3.80. The highest BCUT2D eigenvalue weighted by molar-refractivity contribution is 7.80. The molecule has 1 aromatic heterocycles. The van der Waals surface area contributed by atoms with E-state index in [1.54, 1.807) is 11.3 Å². The molecule has 1 saturated heterocycles. The molecule has 5 nitrogen and oxygen atoms in total. The lowest BCUT2D eigenvalue weighted by atomic mass is 10.2. The van der Waals surface area contributed by atoms with Crippen molar-refractivity contribution in [2.24, 2.45) is 0 Å². The molecule has 4 rings (SSSR count). The number of aryl methyl sites for hydroxylation is 1. The molecule has 0 radical (unpaired) electrons. The number of para-hydroxylation sites is 1. The van der Waals surface area contributed by atoms with Gasteiger partial charge in [-0.25, -0.2) is 4.98 Å². The lowest BCUT2D eigenvalue weighted by molar-refractivity contribution is 0.122. The van der Waals surface area contributed by atoms with Crippen LogP contribution in [0.3, 0.4) is 0 Å². The summed E-state index contributed by atoms with van der Waals surface area (Å²) < 4.78 is 6.57. The molecule has 3 aromatic rings. The highest BCUT2D eigenvalue weighted by Crippen LogP contribution is 2.31. The van der Waals surface area contributed by atoms with Gasteiger partial charge in [0.2, 0.25) is 0 Å². The second-order valence-electron chi connectivity index (χ2n) is 6.17. The molecular formula is C19H20N4OS2. The molecule has 1 aliphatic heterocycles. The van der Waals surface area contributed by atoms with Gasteiger partial charge in [-0.1, -0.05) is 29.5 Å². The van der Waals surface area contributed by atoms with Gasteiger partial charge in [-0.05, 0) is 49.0 Å². The average Bonchev–Trinajstić information content (AvgIpc) is 3.08. The minimum absolute atomic E-state index is 0.580.